The predicted octanol–water partition coefficient (Wildman–Crippen LogP) is 1.59. The molecule has 0 aromatic heterocycles. The van der Waals surface area contributed by atoms with Gasteiger partial charge in [0.05, 0.1) is 7.11 Å². The molecular formula is C7H7F3O4S. The molecule has 0 saturated carbocycles. The van der Waals surface area contributed by atoms with Gasteiger partial charge in [-0.05, 0) is 0 Å². The van der Waals surface area contributed by atoms with Gasteiger partial charge in [-0.25, -0.2) is 4.79 Å². The molecule has 0 spiro atoms. The van der Waals surface area contributed by atoms with Gasteiger partial charge in [0.1, 0.15) is 5.92 Å². The molecule has 0 N–H and O–H groups in total. The average molecular weight is 244 g/mol. The molecule has 86 valence electrons. The Kier molecular flexibility index (Phi) is 3.48. The Bertz CT molecular complexity index is 278. The molecule has 15 heavy (non-hydrogen) atoms. The lowest BCUT2D eigenvalue weighted by atomic mass is 10.1. The van der Waals surface area contributed by atoms with Crippen molar-refractivity contribution in [2.45, 2.75) is 11.6 Å². The van der Waals surface area contributed by atoms with Gasteiger partial charge in [0.2, 0.25) is 5.44 Å². The molecule has 1 fully saturated rings. The van der Waals surface area contributed by atoms with Gasteiger partial charge in [-0.3, -0.25) is 4.79 Å². The Balaban J connectivity index is 2.61. The number of thioether (sulfide) groups is 1. The fourth-order valence-electron chi connectivity index (χ4n) is 0.996. The van der Waals surface area contributed by atoms with Crippen molar-refractivity contribution in [2.75, 3.05) is 12.9 Å². The maximum absolute atomic E-state index is 12.2. The van der Waals surface area contributed by atoms with Crippen molar-refractivity contribution in [1.82, 2.24) is 0 Å². The highest BCUT2D eigenvalue weighted by Crippen LogP contribution is 2.39. The van der Waals surface area contributed by atoms with E-state index in [2.05, 4.69) is 9.47 Å². The topological polar surface area (TPSA) is 52.6 Å². The largest absolute Gasteiger partial charge is 0.509 e. The van der Waals surface area contributed by atoms with E-state index in [9.17, 15) is 22.8 Å². The van der Waals surface area contributed by atoms with Crippen LogP contribution < -0.4 is 0 Å². The molecule has 0 bridgehead atoms. The number of hydrogen-bond donors (Lipinski definition) is 0. The van der Waals surface area contributed by atoms with Crippen LogP contribution in [-0.2, 0) is 14.3 Å². The number of carbonyl (C=O) groups is 2. The molecule has 0 aromatic rings. The fraction of sp³-hybridized carbons (Fsp3) is 0.714. The van der Waals surface area contributed by atoms with Crippen molar-refractivity contribution in [3.05, 3.63) is 0 Å². The second kappa shape index (κ2) is 4.30. The zero-order chi connectivity index (χ0) is 11.6. The Labute approximate surface area is 87.1 Å². The molecule has 4 nitrogen and oxygen atoms in total. The highest BCUT2D eigenvalue weighted by Gasteiger charge is 2.52. The third kappa shape index (κ3) is 2.77. The SMILES string of the molecule is COC(=O)OC1SCC(C(F)(F)F)C1=O. The van der Waals surface area contributed by atoms with E-state index in [4.69, 9.17) is 0 Å². The minimum atomic E-state index is -4.59. The van der Waals surface area contributed by atoms with Gasteiger partial charge in [0.25, 0.3) is 0 Å². The molecule has 1 saturated heterocycles. The molecule has 1 rings (SSSR count). The van der Waals surface area contributed by atoms with Gasteiger partial charge >= 0.3 is 12.3 Å². The Morgan fingerprint density at radius 3 is 2.53 bits per heavy atom. The van der Waals surface area contributed by atoms with E-state index in [1.54, 1.807) is 0 Å². The third-order valence-electron chi connectivity index (χ3n) is 1.76. The van der Waals surface area contributed by atoms with E-state index in [1.165, 1.54) is 0 Å². The van der Waals surface area contributed by atoms with Gasteiger partial charge in [-0.15, -0.1) is 11.8 Å². The van der Waals surface area contributed by atoms with Crippen molar-refractivity contribution >= 4 is 23.7 Å². The first kappa shape index (κ1) is 12.2. The van der Waals surface area contributed by atoms with Crippen LogP contribution in [0.1, 0.15) is 0 Å². The van der Waals surface area contributed by atoms with Crippen LogP contribution in [-0.4, -0.2) is 36.4 Å². The monoisotopic (exact) mass is 244 g/mol. The highest BCUT2D eigenvalue weighted by atomic mass is 32.2. The fourth-order valence-corrected chi connectivity index (χ4v) is 2.19. The summed E-state index contributed by atoms with van der Waals surface area (Å²) in [5.41, 5.74) is -1.41. The number of rotatable bonds is 1. The van der Waals surface area contributed by atoms with Crippen molar-refractivity contribution < 1.29 is 32.2 Å². The van der Waals surface area contributed by atoms with Crippen LogP contribution in [0.3, 0.4) is 0 Å². The zero-order valence-corrected chi connectivity index (χ0v) is 8.35. The molecule has 0 amide bonds. The lowest BCUT2D eigenvalue weighted by molar-refractivity contribution is -0.177. The number of ether oxygens (including phenoxy) is 2. The maximum atomic E-state index is 12.2. The number of alkyl halides is 3. The molecule has 8 heteroatoms. The average Bonchev–Trinajstić information content (AvgIpc) is 2.47. The van der Waals surface area contributed by atoms with E-state index in [-0.39, 0.29) is 0 Å². The Hall–Kier alpha value is -0.920. The van der Waals surface area contributed by atoms with Crippen LogP contribution in [0.25, 0.3) is 0 Å². The lowest BCUT2D eigenvalue weighted by Gasteiger charge is -2.12. The third-order valence-corrected chi connectivity index (χ3v) is 2.91. The minimum absolute atomic E-state index is 0.427. The second-order valence-electron chi connectivity index (χ2n) is 2.73. The zero-order valence-electron chi connectivity index (χ0n) is 7.54. The predicted molar refractivity (Wildman–Crippen MR) is 44.3 cm³/mol. The normalized spacial score (nSPS) is 26.5. The van der Waals surface area contributed by atoms with Crippen LogP contribution >= 0.6 is 11.8 Å². The lowest BCUT2D eigenvalue weighted by Crippen LogP contribution is -2.33. The molecule has 0 aromatic carbocycles. The Morgan fingerprint density at radius 2 is 2.13 bits per heavy atom. The molecule has 0 aliphatic carbocycles. The number of hydrogen-bond acceptors (Lipinski definition) is 5. The number of Topliss-reactive ketones (excluding diaryl/α,β-unsaturated/α-hetero) is 1. The van der Waals surface area contributed by atoms with Gasteiger partial charge in [-0.2, -0.15) is 13.2 Å². The van der Waals surface area contributed by atoms with E-state index in [1.807, 2.05) is 0 Å². The summed E-state index contributed by atoms with van der Waals surface area (Å²) in [5.74, 6) is -3.63. The molecule has 1 aliphatic heterocycles. The summed E-state index contributed by atoms with van der Waals surface area (Å²) in [7, 11) is 1.01. The van der Waals surface area contributed by atoms with E-state index >= 15 is 0 Å². The molecule has 1 aliphatic rings. The summed E-state index contributed by atoms with van der Waals surface area (Å²) < 4.78 is 45.0. The van der Waals surface area contributed by atoms with Crippen LogP contribution in [0.15, 0.2) is 0 Å². The molecule has 2 atom stereocenters. The van der Waals surface area contributed by atoms with Crippen LogP contribution in [0.2, 0.25) is 0 Å². The number of methoxy groups -OCH3 is 1. The van der Waals surface area contributed by atoms with E-state index in [0.717, 1.165) is 7.11 Å². The highest BCUT2D eigenvalue weighted by molar-refractivity contribution is 8.01. The molecule has 0 radical (unpaired) electrons. The first-order valence-corrected chi connectivity index (χ1v) is 4.87. The summed E-state index contributed by atoms with van der Waals surface area (Å²) >= 11 is 0.637. The first-order valence-electron chi connectivity index (χ1n) is 3.83. The van der Waals surface area contributed by atoms with Crippen molar-refractivity contribution in [3.8, 4) is 0 Å². The van der Waals surface area contributed by atoms with Crippen molar-refractivity contribution in [3.63, 3.8) is 0 Å². The smallest absolute Gasteiger partial charge is 0.438 e. The quantitative estimate of drug-likeness (QED) is 0.655. The van der Waals surface area contributed by atoms with Crippen LogP contribution in [0.5, 0.6) is 0 Å². The summed E-state index contributed by atoms with van der Waals surface area (Å²) in [5, 5.41) is 0. The maximum Gasteiger partial charge on any atom is 0.509 e. The van der Waals surface area contributed by atoms with E-state index < -0.39 is 35.2 Å². The van der Waals surface area contributed by atoms with Gasteiger partial charge in [0, 0.05) is 5.75 Å². The Morgan fingerprint density at radius 1 is 1.53 bits per heavy atom. The molecule has 1 heterocycles. The summed E-state index contributed by atoms with van der Waals surface area (Å²) in [6.45, 7) is 0. The van der Waals surface area contributed by atoms with Crippen LogP contribution in [0, 0.1) is 5.92 Å². The summed E-state index contributed by atoms with van der Waals surface area (Å²) in [6, 6.07) is 0. The van der Waals surface area contributed by atoms with Crippen LogP contribution in [0.4, 0.5) is 18.0 Å². The van der Waals surface area contributed by atoms with Crippen molar-refractivity contribution in [2.24, 2.45) is 5.92 Å². The van der Waals surface area contributed by atoms with Gasteiger partial charge in [0.15, 0.2) is 5.78 Å². The molecule has 2 unspecified atom stereocenters. The van der Waals surface area contributed by atoms with Crippen molar-refractivity contribution in [1.29, 1.82) is 0 Å². The number of carbonyl (C=O) groups excluding carboxylic acids is 2. The molecular weight excluding hydrogens is 237 g/mol. The summed E-state index contributed by atoms with van der Waals surface area (Å²) in [4.78, 5) is 21.7. The number of ketones is 1. The van der Waals surface area contributed by atoms with Gasteiger partial charge < -0.3 is 9.47 Å². The second-order valence-corrected chi connectivity index (χ2v) is 3.83. The number of halogens is 3. The standard InChI is InChI=1S/C7H7F3O4S/c1-13-6(12)14-5-4(11)3(2-15-5)7(8,9)10/h3,5H,2H2,1H3. The van der Waals surface area contributed by atoms with E-state index in [0.29, 0.717) is 11.8 Å². The first-order chi connectivity index (χ1) is 6.86. The van der Waals surface area contributed by atoms with Gasteiger partial charge in [-0.1, -0.05) is 0 Å². The minimum Gasteiger partial charge on any atom is -0.438 e. The summed E-state index contributed by atoms with van der Waals surface area (Å²) in [6.07, 6.45) is -5.75.